The lowest BCUT2D eigenvalue weighted by atomic mass is 10.0. The number of phenols is 4. The van der Waals surface area contributed by atoms with Crippen LogP contribution in [0, 0.1) is 0 Å². The maximum atomic E-state index is 12.0. The minimum Gasteiger partial charge on any atom is -0.508 e. The molecule has 0 unspecified atom stereocenters. The van der Waals surface area contributed by atoms with Gasteiger partial charge in [-0.1, -0.05) is 13.3 Å². The highest BCUT2D eigenvalue weighted by molar-refractivity contribution is 5.95. The number of ether oxygens (including phenoxy) is 1. The van der Waals surface area contributed by atoms with Crippen LogP contribution >= 0.6 is 0 Å². The zero-order chi connectivity index (χ0) is 17.0. The Morgan fingerprint density at radius 1 is 0.957 bits per heavy atom. The summed E-state index contributed by atoms with van der Waals surface area (Å²) in [5.74, 6) is -1.80. The lowest BCUT2D eigenvalue weighted by Crippen LogP contribution is -2.07. The zero-order valence-electron chi connectivity index (χ0n) is 12.6. The summed E-state index contributed by atoms with van der Waals surface area (Å²) < 4.78 is 5.05. The Hall–Kier alpha value is -2.89. The molecule has 0 aliphatic rings. The van der Waals surface area contributed by atoms with E-state index in [9.17, 15) is 25.2 Å². The molecule has 0 aliphatic carbocycles. The third-order valence-electron chi connectivity index (χ3n) is 3.28. The van der Waals surface area contributed by atoms with Crippen LogP contribution in [0.25, 0.3) is 11.1 Å². The summed E-state index contributed by atoms with van der Waals surface area (Å²) >= 11 is 0. The molecule has 0 fully saturated rings. The quantitative estimate of drug-likeness (QED) is 0.498. The van der Waals surface area contributed by atoms with Crippen molar-refractivity contribution in [2.24, 2.45) is 0 Å². The van der Waals surface area contributed by atoms with Gasteiger partial charge >= 0.3 is 5.97 Å². The van der Waals surface area contributed by atoms with E-state index in [-0.39, 0.29) is 35.0 Å². The second-order valence-electron chi connectivity index (χ2n) is 5.11. The number of esters is 1. The van der Waals surface area contributed by atoms with Crippen LogP contribution in [-0.4, -0.2) is 33.0 Å². The molecule has 23 heavy (non-hydrogen) atoms. The number of benzene rings is 2. The second kappa shape index (κ2) is 6.91. The molecular formula is C17H18O6. The third-order valence-corrected chi connectivity index (χ3v) is 3.28. The summed E-state index contributed by atoms with van der Waals surface area (Å²) in [5, 5.41) is 38.9. The average molecular weight is 318 g/mol. The molecule has 0 spiro atoms. The number of rotatable bonds is 5. The Bertz CT molecular complexity index is 703. The van der Waals surface area contributed by atoms with Gasteiger partial charge < -0.3 is 25.2 Å². The monoisotopic (exact) mass is 318 g/mol. The number of hydrogen-bond acceptors (Lipinski definition) is 6. The van der Waals surface area contributed by atoms with E-state index in [1.807, 2.05) is 6.92 Å². The SMILES string of the molecule is CCCCOC(=O)c1cc(-c2cc(O)cc(O)c2)c(O)cc1O. The van der Waals surface area contributed by atoms with E-state index in [2.05, 4.69) is 0 Å². The van der Waals surface area contributed by atoms with Gasteiger partial charge in [0.25, 0.3) is 0 Å². The molecule has 0 atom stereocenters. The number of aromatic hydroxyl groups is 4. The second-order valence-corrected chi connectivity index (χ2v) is 5.11. The third kappa shape index (κ3) is 3.85. The van der Waals surface area contributed by atoms with E-state index in [1.54, 1.807) is 0 Å². The lowest BCUT2D eigenvalue weighted by molar-refractivity contribution is 0.0496. The van der Waals surface area contributed by atoms with E-state index in [0.29, 0.717) is 12.0 Å². The highest BCUT2D eigenvalue weighted by Crippen LogP contribution is 2.38. The molecule has 2 aromatic carbocycles. The van der Waals surface area contributed by atoms with Gasteiger partial charge in [-0.15, -0.1) is 0 Å². The standard InChI is InChI=1S/C17H18O6/c1-2-3-4-23-17(22)14-8-13(15(20)9-16(14)21)10-5-11(18)7-12(19)6-10/h5-9,18-21H,2-4H2,1H3. The molecule has 0 aromatic heterocycles. The number of unbranched alkanes of at least 4 members (excludes halogenated alkanes) is 1. The smallest absolute Gasteiger partial charge is 0.341 e. The van der Waals surface area contributed by atoms with Crippen molar-refractivity contribution in [1.82, 2.24) is 0 Å². The van der Waals surface area contributed by atoms with E-state index in [0.717, 1.165) is 18.6 Å². The number of carbonyl (C=O) groups excluding carboxylic acids is 1. The predicted octanol–water partition coefficient (Wildman–Crippen LogP) is 3.13. The van der Waals surface area contributed by atoms with Crippen LogP contribution in [0.3, 0.4) is 0 Å². The van der Waals surface area contributed by atoms with E-state index in [1.165, 1.54) is 18.2 Å². The Morgan fingerprint density at radius 2 is 1.61 bits per heavy atom. The van der Waals surface area contributed by atoms with Crippen LogP contribution in [0.1, 0.15) is 30.1 Å². The summed E-state index contributed by atoms with van der Waals surface area (Å²) in [6.45, 7) is 2.19. The molecule has 122 valence electrons. The Labute approximate surface area is 133 Å². The van der Waals surface area contributed by atoms with Crippen molar-refractivity contribution in [2.75, 3.05) is 6.61 Å². The van der Waals surface area contributed by atoms with Crippen molar-refractivity contribution in [3.63, 3.8) is 0 Å². The maximum absolute atomic E-state index is 12.0. The fourth-order valence-corrected chi connectivity index (χ4v) is 2.11. The van der Waals surface area contributed by atoms with Crippen LogP contribution in [-0.2, 0) is 4.74 Å². The number of hydrogen-bond donors (Lipinski definition) is 4. The molecule has 2 aromatic rings. The van der Waals surface area contributed by atoms with Crippen LogP contribution in [0.2, 0.25) is 0 Å². The molecule has 0 bridgehead atoms. The fraction of sp³-hybridized carbons (Fsp3) is 0.235. The summed E-state index contributed by atoms with van der Waals surface area (Å²) in [5.41, 5.74) is 0.371. The van der Waals surface area contributed by atoms with Crippen molar-refractivity contribution in [2.45, 2.75) is 19.8 Å². The van der Waals surface area contributed by atoms with E-state index >= 15 is 0 Å². The topological polar surface area (TPSA) is 107 Å². The first kappa shape index (κ1) is 16.5. The van der Waals surface area contributed by atoms with Crippen molar-refractivity contribution in [3.05, 3.63) is 35.9 Å². The zero-order valence-corrected chi connectivity index (χ0v) is 12.6. The molecular weight excluding hydrogens is 300 g/mol. The van der Waals surface area contributed by atoms with Crippen molar-refractivity contribution in [1.29, 1.82) is 0 Å². The minimum atomic E-state index is -0.707. The molecule has 0 heterocycles. The normalized spacial score (nSPS) is 10.5. The van der Waals surface area contributed by atoms with Gasteiger partial charge in [0.1, 0.15) is 28.6 Å². The number of phenolic OH excluding ortho intramolecular Hbond substituents is 4. The highest BCUT2D eigenvalue weighted by atomic mass is 16.5. The van der Waals surface area contributed by atoms with E-state index in [4.69, 9.17) is 4.74 Å². The highest BCUT2D eigenvalue weighted by Gasteiger charge is 2.18. The molecule has 0 saturated heterocycles. The molecule has 0 aliphatic heterocycles. The molecule has 6 heteroatoms. The molecule has 0 amide bonds. The van der Waals surface area contributed by atoms with Crippen LogP contribution in [0.15, 0.2) is 30.3 Å². The average Bonchev–Trinajstić information content (AvgIpc) is 2.46. The Morgan fingerprint density at radius 3 is 2.22 bits per heavy atom. The molecule has 2 rings (SSSR count). The summed E-state index contributed by atoms with van der Waals surface area (Å²) in [6.07, 6.45) is 1.57. The van der Waals surface area contributed by atoms with Crippen LogP contribution in [0.5, 0.6) is 23.0 Å². The fourth-order valence-electron chi connectivity index (χ4n) is 2.11. The molecule has 6 nitrogen and oxygen atoms in total. The minimum absolute atomic E-state index is 0.100. The van der Waals surface area contributed by atoms with Gasteiger partial charge in [0.05, 0.1) is 6.61 Å². The number of carbonyl (C=O) groups is 1. The lowest BCUT2D eigenvalue weighted by Gasteiger charge is -2.11. The summed E-state index contributed by atoms with van der Waals surface area (Å²) in [4.78, 5) is 12.0. The van der Waals surface area contributed by atoms with Gasteiger partial charge in [-0.05, 0) is 30.2 Å². The predicted molar refractivity (Wildman–Crippen MR) is 83.7 cm³/mol. The van der Waals surface area contributed by atoms with Gasteiger partial charge in [0.15, 0.2) is 0 Å². The van der Waals surface area contributed by atoms with E-state index < -0.39 is 11.7 Å². The molecule has 0 saturated carbocycles. The maximum Gasteiger partial charge on any atom is 0.341 e. The molecule has 4 N–H and O–H groups in total. The van der Waals surface area contributed by atoms with Crippen molar-refractivity contribution >= 4 is 5.97 Å². The summed E-state index contributed by atoms with van der Waals surface area (Å²) in [6, 6.07) is 6.05. The molecule has 0 radical (unpaired) electrons. The first-order valence-corrected chi connectivity index (χ1v) is 7.19. The van der Waals surface area contributed by atoms with Crippen molar-refractivity contribution in [3.8, 4) is 34.1 Å². The first-order valence-electron chi connectivity index (χ1n) is 7.19. The van der Waals surface area contributed by atoms with Gasteiger partial charge in [0, 0.05) is 17.7 Å². The Balaban J connectivity index is 2.41. The van der Waals surface area contributed by atoms with Gasteiger partial charge in [0.2, 0.25) is 0 Å². The summed E-state index contributed by atoms with van der Waals surface area (Å²) in [7, 11) is 0. The van der Waals surface area contributed by atoms with Crippen LogP contribution in [0.4, 0.5) is 0 Å². The van der Waals surface area contributed by atoms with Gasteiger partial charge in [-0.2, -0.15) is 0 Å². The Kier molecular flexibility index (Phi) is 4.95. The largest absolute Gasteiger partial charge is 0.508 e. The van der Waals surface area contributed by atoms with Gasteiger partial charge in [-0.25, -0.2) is 4.79 Å². The van der Waals surface area contributed by atoms with Crippen molar-refractivity contribution < 1.29 is 30.0 Å². The first-order chi connectivity index (χ1) is 10.9. The van der Waals surface area contributed by atoms with Gasteiger partial charge in [-0.3, -0.25) is 0 Å². The van der Waals surface area contributed by atoms with Crippen LogP contribution < -0.4 is 0 Å².